The molecule has 1 aromatic rings. The number of fused-ring (bicyclic) bond motifs is 3. The first kappa shape index (κ1) is 20.9. The van der Waals surface area contributed by atoms with Gasteiger partial charge in [-0.25, -0.2) is 4.79 Å². The van der Waals surface area contributed by atoms with E-state index in [2.05, 4.69) is 0 Å². The van der Waals surface area contributed by atoms with Gasteiger partial charge in [-0.3, -0.25) is 9.59 Å². The Labute approximate surface area is 178 Å². The summed E-state index contributed by atoms with van der Waals surface area (Å²) in [5.74, 6) is -0.0925. The predicted octanol–water partition coefficient (Wildman–Crippen LogP) is 2.94. The Hall–Kier alpha value is -2.37. The highest BCUT2D eigenvalue weighted by atomic mass is 16.5. The summed E-state index contributed by atoms with van der Waals surface area (Å²) in [6.45, 7) is 3.79. The summed E-state index contributed by atoms with van der Waals surface area (Å²) in [6, 6.07) is 8.30. The lowest BCUT2D eigenvalue weighted by molar-refractivity contribution is -0.170. The molecule has 5 atom stereocenters. The van der Waals surface area contributed by atoms with Crippen molar-refractivity contribution in [2.75, 3.05) is 6.61 Å². The van der Waals surface area contributed by atoms with Gasteiger partial charge in [-0.15, -0.1) is 0 Å². The number of piperazine rings is 1. The van der Waals surface area contributed by atoms with E-state index >= 15 is 0 Å². The standard InChI is InChI=1S/C24H32N2O4/c1-3-30-24(29)20(14-13-17-9-5-4-6-10-17)25-16(2)22(27)26-19-12-8-7-11-18(19)15-21(26)23(25)28/h4-6,9-10,16,18-21H,3,7-8,11-15H2,1-2H3/t16-,18+,19-,20+,21+/m1/s1. The average Bonchev–Trinajstić information content (AvgIpc) is 3.15. The summed E-state index contributed by atoms with van der Waals surface area (Å²) in [5.41, 5.74) is 1.10. The molecule has 162 valence electrons. The quantitative estimate of drug-likeness (QED) is 0.674. The van der Waals surface area contributed by atoms with E-state index < -0.39 is 24.1 Å². The van der Waals surface area contributed by atoms with E-state index in [9.17, 15) is 14.4 Å². The monoisotopic (exact) mass is 412 g/mol. The highest BCUT2D eigenvalue weighted by Crippen LogP contribution is 2.43. The largest absolute Gasteiger partial charge is 0.464 e. The molecule has 2 aliphatic heterocycles. The third-order valence-electron chi connectivity index (χ3n) is 7.10. The molecule has 3 fully saturated rings. The number of hydrogen-bond acceptors (Lipinski definition) is 4. The van der Waals surface area contributed by atoms with Crippen molar-refractivity contribution >= 4 is 17.8 Å². The molecule has 1 aromatic carbocycles. The highest BCUT2D eigenvalue weighted by molar-refractivity contribution is 5.99. The summed E-state index contributed by atoms with van der Waals surface area (Å²) in [4.78, 5) is 43.2. The minimum absolute atomic E-state index is 0.0111. The first-order chi connectivity index (χ1) is 14.5. The first-order valence-electron chi connectivity index (χ1n) is 11.4. The minimum Gasteiger partial charge on any atom is -0.464 e. The molecule has 30 heavy (non-hydrogen) atoms. The first-order valence-corrected chi connectivity index (χ1v) is 11.4. The summed E-state index contributed by atoms with van der Waals surface area (Å²) in [5, 5.41) is 0. The number of aryl methyl sites for hydroxylation is 1. The SMILES string of the molecule is CCOC(=O)[C@H](CCc1ccccc1)N1C(=O)[C@@H]2C[C@@H]3CCCC[C@H]3N2C(=O)[C@H]1C. The number of carbonyl (C=O) groups excluding carboxylic acids is 3. The molecule has 0 N–H and O–H groups in total. The number of benzene rings is 1. The van der Waals surface area contributed by atoms with Gasteiger partial charge < -0.3 is 14.5 Å². The molecule has 0 radical (unpaired) electrons. The molecular weight excluding hydrogens is 380 g/mol. The van der Waals surface area contributed by atoms with E-state index in [1.165, 1.54) is 6.42 Å². The van der Waals surface area contributed by atoms with Gasteiger partial charge in [-0.2, -0.15) is 0 Å². The summed E-state index contributed by atoms with van der Waals surface area (Å²) >= 11 is 0. The van der Waals surface area contributed by atoms with Gasteiger partial charge >= 0.3 is 5.97 Å². The fourth-order valence-corrected chi connectivity index (χ4v) is 5.68. The number of esters is 1. The maximum atomic E-state index is 13.6. The van der Waals surface area contributed by atoms with Gasteiger partial charge in [0.15, 0.2) is 0 Å². The van der Waals surface area contributed by atoms with Crippen LogP contribution in [0.15, 0.2) is 30.3 Å². The van der Waals surface area contributed by atoms with Crippen LogP contribution in [0.3, 0.4) is 0 Å². The van der Waals surface area contributed by atoms with E-state index in [1.54, 1.807) is 18.7 Å². The van der Waals surface area contributed by atoms with E-state index in [1.807, 2.05) is 35.2 Å². The summed E-state index contributed by atoms with van der Waals surface area (Å²) in [6.07, 6.45) is 6.19. The molecule has 0 unspecified atom stereocenters. The zero-order chi connectivity index (χ0) is 21.3. The number of amides is 2. The van der Waals surface area contributed by atoms with Crippen molar-refractivity contribution in [3.63, 3.8) is 0 Å². The molecule has 1 aliphatic carbocycles. The molecule has 4 rings (SSSR count). The van der Waals surface area contributed by atoms with Crippen LogP contribution in [0.5, 0.6) is 0 Å². The Morgan fingerprint density at radius 2 is 1.87 bits per heavy atom. The Balaban J connectivity index is 1.58. The van der Waals surface area contributed by atoms with Gasteiger partial charge in [0.25, 0.3) is 0 Å². The molecule has 2 heterocycles. The second-order valence-corrected chi connectivity index (χ2v) is 8.82. The van der Waals surface area contributed by atoms with Crippen LogP contribution in [0.4, 0.5) is 0 Å². The normalized spacial score (nSPS) is 29.4. The summed E-state index contributed by atoms with van der Waals surface area (Å²) in [7, 11) is 0. The molecule has 0 aromatic heterocycles. The fourth-order valence-electron chi connectivity index (χ4n) is 5.68. The van der Waals surface area contributed by atoms with Crippen molar-refractivity contribution in [3.8, 4) is 0 Å². The Morgan fingerprint density at radius 1 is 1.13 bits per heavy atom. The molecule has 0 bridgehead atoms. The van der Waals surface area contributed by atoms with Crippen molar-refractivity contribution < 1.29 is 19.1 Å². The molecule has 0 spiro atoms. The van der Waals surface area contributed by atoms with Gasteiger partial charge in [-0.1, -0.05) is 43.2 Å². The molecule has 2 saturated heterocycles. The molecule has 2 amide bonds. The van der Waals surface area contributed by atoms with E-state index in [-0.39, 0.29) is 24.5 Å². The van der Waals surface area contributed by atoms with Gasteiger partial charge in [0.2, 0.25) is 11.8 Å². The maximum absolute atomic E-state index is 13.6. The van der Waals surface area contributed by atoms with Gasteiger partial charge in [0, 0.05) is 6.04 Å². The number of carbonyl (C=O) groups is 3. The van der Waals surface area contributed by atoms with E-state index in [4.69, 9.17) is 4.74 Å². The Kier molecular flexibility index (Phi) is 6.11. The van der Waals surface area contributed by atoms with Crippen LogP contribution in [0.25, 0.3) is 0 Å². The lowest BCUT2D eigenvalue weighted by atomic mass is 9.85. The van der Waals surface area contributed by atoms with Crippen LogP contribution in [0, 0.1) is 5.92 Å². The molecule has 3 aliphatic rings. The molecule has 6 heteroatoms. The Bertz CT molecular complexity index is 796. The van der Waals surface area contributed by atoms with Crippen LogP contribution < -0.4 is 0 Å². The van der Waals surface area contributed by atoms with Crippen molar-refractivity contribution in [2.45, 2.75) is 83.0 Å². The topological polar surface area (TPSA) is 66.9 Å². The lowest BCUT2D eigenvalue weighted by Gasteiger charge is -2.46. The van der Waals surface area contributed by atoms with Crippen LogP contribution in [0.2, 0.25) is 0 Å². The Morgan fingerprint density at radius 3 is 2.60 bits per heavy atom. The van der Waals surface area contributed by atoms with Crippen LogP contribution in [-0.4, -0.2) is 58.4 Å². The zero-order valence-corrected chi connectivity index (χ0v) is 18.0. The van der Waals surface area contributed by atoms with Gasteiger partial charge in [0.1, 0.15) is 18.1 Å². The number of hydrogen-bond donors (Lipinski definition) is 0. The zero-order valence-electron chi connectivity index (χ0n) is 18.0. The van der Waals surface area contributed by atoms with E-state index in [0.717, 1.165) is 31.2 Å². The third-order valence-corrected chi connectivity index (χ3v) is 7.10. The number of nitrogens with zero attached hydrogens (tertiary/aromatic N) is 2. The average molecular weight is 413 g/mol. The molecule has 1 saturated carbocycles. The van der Waals surface area contributed by atoms with Crippen molar-refractivity contribution in [2.24, 2.45) is 5.92 Å². The fraction of sp³-hybridized carbons (Fsp3) is 0.625. The van der Waals surface area contributed by atoms with Crippen LogP contribution in [0.1, 0.15) is 57.9 Å². The smallest absolute Gasteiger partial charge is 0.328 e. The van der Waals surface area contributed by atoms with Gasteiger partial charge in [-0.05, 0) is 57.4 Å². The second kappa shape index (κ2) is 8.78. The third kappa shape index (κ3) is 3.72. The van der Waals surface area contributed by atoms with Crippen molar-refractivity contribution in [1.82, 2.24) is 9.80 Å². The molecular formula is C24H32N2O4. The van der Waals surface area contributed by atoms with Crippen molar-refractivity contribution in [1.29, 1.82) is 0 Å². The van der Waals surface area contributed by atoms with Crippen molar-refractivity contribution in [3.05, 3.63) is 35.9 Å². The maximum Gasteiger partial charge on any atom is 0.328 e. The lowest BCUT2D eigenvalue weighted by Crippen LogP contribution is -2.67. The summed E-state index contributed by atoms with van der Waals surface area (Å²) < 4.78 is 5.33. The molecule has 6 nitrogen and oxygen atoms in total. The predicted molar refractivity (Wildman–Crippen MR) is 112 cm³/mol. The second-order valence-electron chi connectivity index (χ2n) is 8.82. The number of ether oxygens (including phenoxy) is 1. The van der Waals surface area contributed by atoms with Crippen LogP contribution in [-0.2, 0) is 25.5 Å². The van der Waals surface area contributed by atoms with Crippen LogP contribution >= 0.6 is 0 Å². The van der Waals surface area contributed by atoms with E-state index in [0.29, 0.717) is 18.8 Å². The highest BCUT2D eigenvalue weighted by Gasteiger charge is 2.55. The minimum atomic E-state index is -0.735. The number of rotatable bonds is 6. The van der Waals surface area contributed by atoms with Gasteiger partial charge in [0.05, 0.1) is 6.61 Å².